The van der Waals surface area contributed by atoms with Crippen LogP contribution >= 0.6 is 49.4 Å². The van der Waals surface area contributed by atoms with Crippen molar-refractivity contribution in [2.75, 3.05) is 24.7 Å². The summed E-state index contributed by atoms with van der Waals surface area (Å²) in [6.07, 6.45) is -5.86. The highest BCUT2D eigenvalue weighted by molar-refractivity contribution is 8.44. The predicted molar refractivity (Wildman–Crippen MR) is 158 cm³/mol. The molecule has 7 heterocycles. The molecule has 9 atom stereocenters. The van der Waals surface area contributed by atoms with Crippen molar-refractivity contribution in [1.82, 2.24) is 34.1 Å². The number of nitrogen functional groups attached to an aromatic ring is 2. The second-order valence-electron chi connectivity index (χ2n) is 9.87. The van der Waals surface area contributed by atoms with Gasteiger partial charge in [0.05, 0.1) is 25.6 Å². The molecule has 2 unspecified atom stereocenters. The molecule has 236 valence electrons. The number of anilines is 2. The summed E-state index contributed by atoms with van der Waals surface area (Å²) in [6, 6.07) is 0. The fourth-order valence-electron chi connectivity index (χ4n) is 5.20. The van der Waals surface area contributed by atoms with E-state index >= 15 is 4.39 Å². The van der Waals surface area contributed by atoms with Crippen molar-refractivity contribution in [3.8, 4) is 0 Å². The van der Waals surface area contributed by atoms with Crippen LogP contribution in [-0.4, -0.2) is 77.9 Å². The number of aromatic nitrogens is 7. The number of nitrogens with two attached hydrogens (primary N) is 2. The van der Waals surface area contributed by atoms with Crippen molar-refractivity contribution >= 4 is 82.6 Å². The molecule has 0 spiro atoms. The summed E-state index contributed by atoms with van der Waals surface area (Å²) in [5.74, 6) is 0.148. The van der Waals surface area contributed by atoms with Crippen LogP contribution in [0, 0.1) is 0 Å². The first-order chi connectivity index (χ1) is 20.9. The van der Waals surface area contributed by atoms with Gasteiger partial charge in [-0.3, -0.25) is 32.0 Å². The smallest absolute Gasteiger partial charge is 0.382 e. The van der Waals surface area contributed by atoms with Crippen LogP contribution in [0.5, 0.6) is 0 Å². The molecule has 3 aliphatic rings. The largest absolute Gasteiger partial charge is 0.386 e. The molecule has 44 heavy (non-hydrogen) atoms. The number of nitrogens with zero attached hydrogens (tertiary/aromatic N) is 7. The van der Waals surface area contributed by atoms with E-state index in [4.69, 9.17) is 39.0 Å². The highest BCUT2D eigenvalue weighted by atomic mass is 32.7. The Balaban J connectivity index is 1.20. The highest BCUT2D eigenvalue weighted by Crippen LogP contribution is 2.60. The molecule has 4 N–H and O–H groups in total. The first-order valence-corrected chi connectivity index (χ1v) is 18.9. The summed E-state index contributed by atoms with van der Waals surface area (Å²) < 4.78 is 79.8. The SMILES string of the molecule is Nc1ncnc2c1ncn2[C@@H]1O[C@@H]2CO[P@@](=O)(S)O[C@@H]3CC(CO[P@](=O)(S)OC2[C@H]1F)O[C@H]3n1c(=O)sc2c(N)ncnc21. The quantitative estimate of drug-likeness (QED) is 0.173. The van der Waals surface area contributed by atoms with E-state index in [2.05, 4.69) is 49.4 Å². The maximum Gasteiger partial charge on any atom is 0.386 e. The van der Waals surface area contributed by atoms with Gasteiger partial charge in [0.15, 0.2) is 35.7 Å². The monoisotopic (exact) mass is 709 g/mol. The van der Waals surface area contributed by atoms with E-state index in [1.807, 2.05) is 0 Å². The summed E-state index contributed by atoms with van der Waals surface area (Å²) in [5.41, 5.74) is 12.3. The maximum absolute atomic E-state index is 16.0. The van der Waals surface area contributed by atoms with Crippen LogP contribution in [-0.2, 0) is 36.7 Å². The number of halogens is 1. The summed E-state index contributed by atoms with van der Waals surface area (Å²) in [4.78, 5) is 32.6. The molecule has 24 heteroatoms. The van der Waals surface area contributed by atoms with Gasteiger partial charge in [0.1, 0.15) is 47.0 Å². The average Bonchev–Trinajstić information content (AvgIpc) is 3.71. The summed E-state index contributed by atoms with van der Waals surface area (Å²) >= 11 is 8.94. The number of thiol groups is 2. The van der Waals surface area contributed by atoms with E-state index in [-0.39, 0.29) is 41.5 Å². The fraction of sp³-hybridized carbons (Fsp3) is 0.500. The zero-order valence-corrected chi connectivity index (χ0v) is 26.3. The van der Waals surface area contributed by atoms with Crippen LogP contribution in [0.1, 0.15) is 18.9 Å². The van der Waals surface area contributed by atoms with E-state index in [1.54, 1.807) is 0 Å². The van der Waals surface area contributed by atoms with Gasteiger partial charge in [-0.15, -0.1) is 0 Å². The lowest BCUT2D eigenvalue weighted by Gasteiger charge is -2.26. The molecule has 0 aromatic carbocycles. The number of alkyl halides is 1. The maximum atomic E-state index is 16.0. The van der Waals surface area contributed by atoms with Crippen molar-refractivity contribution in [2.45, 2.75) is 49.5 Å². The number of hydrogen-bond acceptors (Lipinski definition) is 17. The molecule has 0 amide bonds. The Morgan fingerprint density at radius 1 is 0.909 bits per heavy atom. The number of fused-ring (bicyclic) bond motifs is 5. The third-order valence-electron chi connectivity index (χ3n) is 7.10. The van der Waals surface area contributed by atoms with Gasteiger partial charge in [-0.05, 0) is 0 Å². The number of hydrogen-bond donors (Lipinski definition) is 4. The Labute approximate surface area is 259 Å². The topological polar surface area (TPSA) is 233 Å². The van der Waals surface area contributed by atoms with Gasteiger partial charge in [-0.2, -0.15) is 0 Å². The van der Waals surface area contributed by atoms with Crippen LogP contribution in [0.25, 0.3) is 21.5 Å². The van der Waals surface area contributed by atoms with Crippen LogP contribution in [0.3, 0.4) is 0 Å². The molecule has 2 bridgehead atoms. The third kappa shape index (κ3) is 5.45. The minimum absolute atomic E-state index is 0.00738. The Morgan fingerprint density at radius 2 is 1.61 bits per heavy atom. The molecule has 4 aromatic heterocycles. The first kappa shape index (κ1) is 30.4. The molecular formula is C20H22FN9O9P2S3. The lowest BCUT2D eigenvalue weighted by molar-refractivity contribution is -0.0565. The van der Waals surface area contributed by atoms with Gasteiger partial charge in [-0.25, -0.2) is 38.4 Å². The third-order valence-corrected chi connectivity index (χ3v) is 11.3. The minimum atomic E-state index is -4.28. The predicted octanol–water partition coefficient (Wildman–Crippen LogP) is 2.27. The summed E-state index contributed by atoms with van der Waals surface area (Å²) in [7, 11) is 0. The molecular weight excluding hydrogens is 687 g/mol. The lowest BCUT2D eigenvalue weighted by atomic mass is 10.1. The number of ether oxygens (including phenoxy) is 2. The van der Waals surface area contributed by atoms with Crippen molar-refractivity contribution in [1.29, 1.82) is 0 Å². The van der Waals surface area contributed by atoms with Crippen molar-refractivity contribution in [2.24, 2.45) is 0 Å². The lowest BCUT2D eigenvalue weighted by Crippen LogP contribution is -2.34. The molecule has 7 rings (SSSR count). The van der Waals surface area contributed by atoms with E-state index in [0.29, 0.717) is 4.70 Å². The fourth-order valence-corrected chi connectivity index (χ4v) is 9.06. The van der Waals surface area contributed by atoms with Crippen LogP contribution in [0.4, 0.5) is 16.0 Å². The molecule has 4 aromatic rings. The Bertz CT molecular complexity index is 1910. The number of rotatable bonds is 2. The van der Waals surface area contributed by atoms with Crippen molar-refractivity contribution < 1.29 is 41.1 Å². The Hall–Kier alpha value is -2.23. The van der Waals surface area contributed by atoms with Gasteiger partial charge < -0.3 is 20.9 Å². The standard InChI is InChI=1S/C20H22FN9O9P2S3/c21-10-12-9(37-19(10)29-6-28-11-14(22)24-4-26-16(11)29)3-35-40(32,42)38-8-1-7(2-34-41(33,43)39-12)36-18(8)30-17-13(44-20(30)31)15(23)25-5-27-17/h4-10,12,18-19H,1-3H2,(H,32,42)(H,33,43)(H2,22,24,26)(H2,23,25,27)/t7?,8-,9-,10-,12?,18-,19-,40-,41+/m1/s1. The molecule has 0 radical (unpaired) electrons. The first-order valence-electron chi connectivity index (χ1n) is 12.7. The molecule has 3 aliphatic heterocycles. The van der Waals surface area contributed by atoms with Gasteiger partial charge in [0, 0.05) is 6.42 Å². The molecule has 0 saturated carbocycles. The van der Waals surface area contributed by atoms with E-state index in [9.17, 15) is 13.9 Å². The Kier molecular flexibility index (Phi) is 7.77. The van der Waals surface area contributed by atoms with Crippen LogP contribution < -0.4 is 16.3 Å². The van der Waals surface area contributed by atoms with Gasteiger partial charge in [0.25, 0.3) is 0 Å². The average molecular weight is 710 g/mol. The highest BCUT2D eigenvalue weighted by Gasteiger charge is 2.52. The van der Waals surface area contributed by atoms with Gasteiger partial charge >= 0.3 is 18.5 Å². The van der Waals surface area contributed by atoms with Gasteiger partial charge in [-0.1, -0.05) is 35.8 Å². The van der Waals surface area contributed by atoms with Gasteiger partial charge in [0.2, 0.25) is 0 Å². The van der Waals surface area contributed by atoms with Crippen molar-refractivity contribution in [3.05, 3.63) is 28.6 Å². The Morgan fingerprint density at radius 3 is 2.41 bits per heavy atom. The molecule has 3 fully saturated rings. The van der Waals surface area contributed by atoms with E-state index < -0.39 is 68.1 Å². The zero-order valence-electron chi connectivity index (χ0n) is 21.9. The van der Waals surface area contributed by atoms with Crippen LogP contribution in [0.2, 0.25) is 0 Å². The molecule has 3 saturated heterocycles. The van der Waals surface area contributed by atoms with Crippen LogP contribution in [0.15, 0.2) is 23.8 Å². The molecule has 0 aliphatic carbocycles. The minimum Gasteiger partial charge on any atom is -0.382 e. The summed E-state index contributed by atoms with van der Waals surface area (Å²) in [5, 5.41) is 0. The normalized spacial score (nSPS) is 36.6. The second-order valence-corrected chi connectivity index (χ2v) is 16.6. The van der Waals surface area contributed by atoms with E-state index in [0.717, 1.165) is 11.3 Å². The van der Waals surface area contributed by atoms with E-state index in [1.165, 1.54) is 28.1 Å². The zero-order chi connectivity index (χ0) is 31.0. The van der Waals surface area contributed by atoms with Crippen molar-refractivity contribution in [3.63, 3.8) is 0 Å². The second kappa shape index (κ2) is 11.2. The molecule has 18 nitrogen and oxygen atoms in total. The number of imidazole rings is 1. The summed E-state index contributed by atoms with van der Waals surface area (Å²) in [6.45, 7) is -9.51. The number of thiazole rings is 1.